The molecule has 1 rings (SSSR count). The highest BCUT2D eigenvalue weighted by Crippen LogP contribution is 2.33. The van der Waals surface area contributed by atoms with Gasteiger partial charge in [-0.05, 0) is 6.42 Å². The molecule has 0 radical (unpaired) electrons. The summed E-state index contributed by atoms with van der Waals surface area (Å²) in [6.07, 6.45) is 5.57. The lowest BCUT2D eigenvalue weighted by Gasteiger charge is -2.08. The van der Waals surface area contributed by atoms with Gasteiger partial charge in [-0.3, -0.25) is 4.79 Å². The van der Waals surface area contributed by atoms with Crippen LogP contribution in [0.3, 0.4) is 0 Å². The van der Waals surface area contributed by atoms with Crippen LogP contribution in [-0.2, 0) is 0 Å². The van der Waals surface area contributed by atoms with Gasteiger partial charge in [-0.2, -0.15) is 0 Å². The van der Waals surface area contributed by atoms with E-state index in [0.717, 1.165) is 25.7 Å². The van der Waals surface area contributed by atoms with Crippen molar-refractivity contribution in [2.45, 2.75) is 45.4 Å². The molecular formula is C15H22O4. The summed E-state index contributed by atoms with van der Waals surface area (Å²) in [7, 11) is 1.43. The quantitative estimate of drug-likeness (QED) is 0.556. The third kappa shape index (κ3) is 4.47. The molecule has 0 spiro atoms. The van der Waals surface area contributed by atoms with Gasteiger partial charge in [0.15, 0.2) is 5.78 Å². The van der Waals surface area contributed by atoms with E-state index in [4.69, 9.17) is 4.74 Å². The highest BCUT2D eigenvalue weighted by atomic mass is 16.5. The van der Waals surface area contributed by atoms with E-state index in [1.165, 1.54) is 25.7 Å². The smallest absolute Gasteiger partial charge is 0.170 e. The molecule has 106 valence electrons. The fraction of sp³-hybridized carbons (Fsp3) is 0.533. The van der Waals surface area contributed by atoms with E-state index < -0.39 is 0 Å². The van der Waals surface area contributed by atoms with Crippen LogP contribution in [0.4, 0.5) is 0 Å². The van der Waals surface area contributed by atoms with E-state index in [2.05, 4.69) is 6.92 Å². The summed E-state index contributed by atoms with van der Waals surface area (Å²) in [5, 5.41) is 19.5. The van der Waals surface area contributed by atoms with E-state index in [1.807, 2.05) is 0 Å². The Morgan fingerprint density at radius 2 is 1.68 bits per heavy atom. The van der Waals surface area contributed by atoms with Crippen molar-refractivity contribution in [1.29, 1.82) is 0 Å². The second kappa shape index (κ2) is 7.67. The van der Waals surface area contributed by atoms with Crippen LogP contribution >= 0.6 is 0 Å². The minimum absolute atomic E-state index is 0.00343. The molecular weight excluding hydrogens is 244 g/mol. The number of aromatic hydroxyl groups is 2. The fourth-order valence-corrected chi connectivity index (χ4v) is 2.00. The first-order valence-corrected chi connectivity index (χ1v) is 6.73. The molecule has 4 heteroatoms. The van der Waals surface area contributed by atoms with Crippen LogP contribution in [0.25, 0.3) is 0 Å². The molecule has 0 atom stereocenters. The number of hydrogen-bond acceptors (Lipinski definition) is 4. The summed E-state index contributed by atoms with van der Waals surface area (Å²) < 4.78 is 4.90. The Morgan fingerprint density at radius 1 is 1.11 bits per heavy atom. The van der Waals surface area contributed by atoms with Crippen LogP contribution in [-0.4, -0.2) is 23.1 Å². The zero-order valence-electron chi connectivity index (χ0n) is 11.6. The molecule has 0 unspecified atom stereocenters. The van der Waals surface area contributed by atoms with Crippen molar-refractivity contribution < 1.29 is 19.7 Å². The first-order valence-electron chi connectivity index (χ1n) is 6.73. The summed E-state index contributed by atoms with van der Waals surface area (Å²) in [6.45, 7) is 2.14. The molecule has 0 saturated carbocycles. The van der Waals surface area contributed by atoms with Gasteiger partial charge in [0.1, 0.15) is 22.8 Å². The van der Waals surface area contributed by atoms with Crippen molar-refractivity contribution >= 4 is 5.78 Å². The number of carbonyl (C=O) groups excluding carboxylic acids is 1. The van der Waals surface area contributed by atoms with Gasteiger partial charge in [0.25, 0.3) is 0 Å². The van der Waals surface area contributed by atoms with Crippen LogP contribution in [0, 0.1) is 0 Å². The Hall–Kier alpha value is -1.71. The Balaban J connectivity index is 2.62. The fourth-order valence-electron chi connectivity index (χ4n) is 2.00. The van der Waals surface area contributed by atoms with Crippen LogP contribution < -0.4 is 4.74 Å². The Kier molecular flexibility index (Phi) is 6.19. The molecule has 0 heterocycles. The predicted octanol–water partition coefficient (Wildman–Crippen LogP) is 3.65. The van der Waals surface area contributed by atoms with E-state index in [1.54, 1.807) is 0 Å². The average Bonchev–Trinajstić information content (AvgIpc) is 2.37. The number of rotatable bonds is 8. The molecule has 1 aromatic rings. The van der Waals surface area contributed by atoms with Gasteiger partial charge >= 0.3 is 0 Å². The number of phenols is 2. The first-order chi connectivity index (χ1) is 9.10. The molecule has 0 fully saturated rings. The third-order valence-corrected chi connectivity index (χ3v) is 3.09. The standard InChI is InChI=1S/C15H22O4/c1-3-4-5-6-7-8-12(16)15-13(17)9-11(19-2)10-14(15)18/h9-10,17-18H,3-8H2,1-2H3. The second-order valence-electron chi connectivity index (χ2n) is 4.63. The lowest BCUT2D eigenvalue weighted by molar-refractivity contribution is 0.0973. The molecule has 0 aliphatic rings. The zero-order valence-corrected chi connectivity index (χ0v) is 11.6. The van der Waals surface area contributed by atoms with Crippen molar-refractivity contribution in [1.82, 2.24) is 0 Å². The van der Waals surface area contributed by atoms with Crippen LogP contribution in [0.2, 0.25) is 0 Å². The second-order valence-corrected chi connectivity index (χ2v) is 4.63. The Labute approximate surface area is 114 Å². The lowest BCUT2D eigenvalue weighted by Crippen LogP contribution is -2.00. The van der Waals surface area contributed by atoms with Gasteiger partial charge in [-0.25, -0.2) is 0 Å². The largest absolute Gasteiger partial charge is 0.507 e. The molecule has 0 amide bonds. The molecule has 19 heavy (non-hydrogen) atoms. The monoisotopic (exact) mass is 266 g/mol. The maximum atomic E-state index is 12.0. The maximum Gasteiger partial charge on any atom is 0.170 e. The Morgan fingerprint density at radius 3 is 2.21 bits per heavy atom. The number of phenolic OH excluding ortho intramolecular Hbond substituents is 2. The van der Waals surface area contributed by atoms with Gasteiger partial charge in [0.2, 0.25) is 0 Å². The molecule has 4 nitrogen and oxygen atoms in total. The van der Waals surface area contributed by atoms with Crippen molar-refractivity contribution in [3.8, 4) is 17.2 Å². The minimum Gasteiger partial charge on any atom is -0.507 e. The predicted molar refractivity (Wildman–Crippen MR) is 74.0 cm³/mol. The van der Waals surface area contributed by atoms with Gasteiger partial charge in [0.05, 0.1) is 7.11 Å². The molecule has 1 aromatic carbocycles. The van der Waals surface area contributed by atoms with Crippen LogP contribution in [0.1, 0.15) is 55.8 Å². The first kappa shape index (κ1) is 15.3. The van der Waals surface area contributed by atoms with Gasteiger partial charge < -0.3 is 14.9 Å². The summed E-state index contributed by atoms with van der Waals surface area (Å²) in [4.78, 5) is 12.0. The number of unbranched alkanes of at least 4 members (excludes halogenated alkanes) is 4. The summed E-state index contributed by atoms with van der Waals surface area (Å²) in [5.74, 6) is -0.352. The highest BCUT2D eigenvalue weighted by molar-refractivity contribution is 6.01. The topological polar surface area (TPSA) is 66.8 Å². The van der Waals surface area contributed by atoms with Gasteiger partial charge in [-0.15, -0.1) is 0 Å². The number of benzene rings is 1. The minimum atomic E-state index is -0.228. The van der Waals surface area contributed by atoms with Crippen molar-refractivity contribution in [3.05, 3.63) is 17.7 Å². The van der Waals surface area contributed by atoms with Crippen LogP contribution in [0.5, 0.6) is 17.2 Å². The molecule has 0 aromatic heterocycles. The zero-order chi connectivity index (χ0) is 14.3. The summed E-state index contributed by atoms with van der Waals surface area (Å²) >= 11 is 0. The molecule has 0 saturated heterocycles. The highest BCUT2D eigenvalue weighted by Gasteiger charge is 2.17. The Bertz CT molecular complexity index is 403. The molecule has 2 N–H and O–H groups in total. The van der Waals surface area contributed by atoms with Crippen molar-refractivity contribution in [3.63, 3.8) is 0 Å². The number of Topliss-reactive ketones (excluding diaryl/α,β-unsaturated/α-hetero) is 1. The summed E-state index contributed by atoms with van der Waals surface area (Å²) in [5.41, 5.74) is -0.00343. The van der Waals surface area contributed by atoms with E-state index in [0.29, 0.717) is 12.2 Å². The number of ether oxygens (including phenoxy) is 1. The van der Waals surface area contributed by atoms with E-state index in [-0.39, 0.29) is 22.8 Å². The van der Waals surface area contributed by atoms with Crippen LogP contribution in [0.15, 0.2) is 12.1 Å². The maximum absolute atomic E-state index is 12.0. The molecule has 0 aliphatic heterocycles. The SMILES string of the molecule is CCCCCCCC(=O)c1c(O)cc(OC)cc1O. The molecule has 0 bridgehead atoms. The van der Waals surface area contributed by atoms with Crippen molar-refractivity contribution in [2.75, 3.05) is 7.11 Å². The summed E-state index contributed by atoms with van der Waals surface area (Å²) in [6, 6.07) is 2.67. The number of methoxy groups -OCH3 is 1. The number of carbonyl (C=O) groups is 1. The third-order valence-electron chi connectivity index (χ3n) is 3.09. The lowest BCUT2D eigenvalue weighted by atomic mass is 10.0. The van der Waals surface area contributed by atoms with E-state index in [9.17, 15) is 15.0 Å². The number of hydrogen-bond donors (Lipinski definition) is 2. The number of ketones is 1. The van der Waals surface area contributed by atoms with Crippen molar-refractivity contribution in [2.24, 2.45) is 0 Å². The normalized spacial score (nSPS) is 10.4. The van der Waals surface area contributed by atoms with Gasteiger partial charge in [-0.1, -0.05) is 32.6 Å². The molecule has 0 aliphatic carbocycles. The van der Waals surface area contributed by atoms with E-state index >= 15 is 0 Å². The van der Waals surface area contributed by atoms with Gasteiger partial charge in [0, 0.05) is 18.6 Å². The average molecular weight is 266 g/mol.